The van der Waals surface area contributed by atoms with Crippen LogP contribution < -0.4 is 0 Å². The molecule has 20 heavy (non-hydrogen) atoms. The number of amides is 1. The standard InChI is InChI=1S/C16H21BrN2O/c1-2-8-19(12-13-6-4-3-5-7-13)16(20)14-9-15(17)11-18-10-14/h2,9-11,13H,1,3-8,12H2. The van der Waals surface area contributed by atoms with E-state index in [1.54, 1.807) is 18.5 Å². The van der Waals surface area contributed by atoms with Gasteiger partial charge in [0.05, 0.1) is 5.56 Å². The second kappa shape index (κ2) is 7.58. The van der Waals surface area contributed by atoms with E-state index in [1.807, 2.05) is 11.0 Å². The molecule has 0 spiro atoms. The monoisotopic (exact) mass is 336 g/mol. The molecule has 108 valence electrons. The van der Waals surface area contributed by atoms with Crippen molar-refractivity contribution in [1.29, 1.82) is 0 Å². The normalized spacial score (nSPS) is 15.8. The summed E-state index contributed by atoms with van der Waals surface area (Å²) in [5, 5.41) is 0. The molecule has 1 amide bonds. The van der Waals surface area contributed by atoms with Gasteiger partial charge in [0.1, 0.15) is 0 Å². The lowest BCUT2D eigenvalue weighted by molar-refractivity contribution is 0.0735. The lowest BCUT2D eigenvalue weighted by Crippen LogP contribution is -2.36. The third kappa shape index (κ3) is 4.17. The molecule has 0 N–H and O–H groups in total. The minimum atomic E-state index is 0.0456. The Morgan fingerprint density at radius 1 is 1.40 bits per heavy atom. The fourth-order valence-electron chi connectivity index (χ4n) is 2.79. The molecule has 0 atom stereocenters. The second-order valence-corrected chi connectivity index (χ2v) is 6.31. The Hall–Kier alpha value is -1.16. The van der Waals surface area contributed by atoms with Gasteiger partial charge in [-0.25, -0.2) is 0 Å². The molecule has 1 aromatic rings. The fraction of sp³-hybridized carbons (Fsp3) is 0.500. The van der Waals surface area contributed by atoms with Crippen molar-refractivity contribution in [2.24, 2.45) is 5.92 Å². The summed E-state index contributed by atoms with van der Waals surface area (Å²) in [4.78, 5) is 18.5. The number of hydrogen-bond acceptors (Lipinski definition) is 2. The average molecular weight is 337 g/mol. The van der Waals surface area contributed by atoms with E-state index in [1.165, 1.54) is 32.1 Å². The van der Waals surface area contributed by atoms with Crippen LogP contribution >= 0.6 is 15.9 Å². The SMILES string of the molecule is C=CCN(CC1CCCCC1)C(=O)c1cncc(Br)c1. The van der Waals surface area contributed by atoms with E-state index in [0.29, 0.717) is 18.0 Å². The van der Waals surface area contributed by atoms with Crippen LogP contribution in [0, 0.1) is 5.92 Å². The number of carbonyl (C=O) groups is 1. The first-order chi connectivity index (χ1) is 9.70. The van der Waals surface area contributed by atoms with Crippen molar-refractivity contribution in [2.45, 2.75) is 32.1 Å². The first-order valence-corrected chi connectivity index (χ1v) is 8.00. The van der Waals surface area contributed by atoms with Gasteiger partial charge >= 0.3 is 0 Å². The summed E-state index contributed by atoms with van der Waals surface area (Å²) >= 11 is 3.36. The van der Waals surface area contributed by atoms with Gasteiger partial charge in [-0.05, 0) is 40.8 Å². The number of pyridine rings is 1. The van der Waals surface area contributed by atoms with Gasteiger partial charge in [0.15, 0.2) is 0 Å². The molecular weight excluding hydrogens is 316 g/mol. The quantitative estimate of drug-likeness (QED) is 0.760. The molecule has 0 aliphatic heterocycles. The van der Waals surface area contributed by atoms with Gasteiger partial charge in [0, 0.05) is 30.0 Å². The topological polar surface area (TPSA) is 33.2 Å². The predicted molar refractivity (Wildman–Crippen MR) is 84.6 cm³/mol. The molecule has 2 rings (SSSR count). The molecule has 0 radical (unpaired) electrons. The van der Waals surface area contributed by atoms with Crippen molar-refractivity contribution >= 4 is 21.8 Å². The minimum Gasteiger partial charge on any atom is -0.335 e. The van der Waals surface area contributed by atoms with E-state index in [0.717, 1.165) is 11.0 Å². The Bertz CT molecular complexity index is 469. The second-order valence-electron chi connectivity index (χ2n) is 5.39. The Kier molecular flexibility index (Phi) is 5.77. The van der Waals surface area contributed by atoms with Gasteiger partial charge in [0.2, 0.25) is 0 Å². The highest BCUT2D eigenvalue weighted by Gasteiger charge is 2.21. The van der Waals surface area contributed by atoms with E-state index >= 15 is 0 Å². The Morgan fingerprint density at radius 2 is 2.15 bits per heavy atom. The molecule has 0 aromatic carbocycles. The summed E-state index contributed by atoms with van der Waals surface area (Å²) < 4.78 is 0.833. The lowest BCUT2D eigenvalue weighted by Gasteiger charge is -2.29. The first-order valence-electron chi connectivity index (χ1n) is 7.21. The maximum absolute atomic E-state index is 12.6. The van der Waals surface area contributed by atoms with Crippen molar-refractivity contribution < 1.29 is 4.79 Å². The fourth-order valence-corrected chi connectivity index (χ4v) is 3.15. The van der Waals surface area contributed by atoms with Gasteiger partial charge < -0.3 is 4.90 Å². The van der Waals surface area contributed by atoms with Gasteiger partial charge in [-0.1, -0.05) is 25.3 Å². The van der Waals surface area contributed by atoms with Crippen LogP contribution in [0.3, 0.4) is 0 Å². The van der Waals surface area contributed by atoms with Crippen LogP contribution in [0.5, 0.6) is 0 Å². The molecule has 0 bridgehead atoms. The zero-order valence-electron chi connectivity index (χ0n) is 11.7. The molecule has 1 aliphatic rings. The summed E-state index contributed by atoms with van der Waals surface area (Å²) in [5.74, 6) is 0.678. The summed E-state index contributed by atoms with van der Waals surface area (Å²) in [6.07, 6.45) is 11.5. The number of rotatable bonds is 5. The van der Waals surface area contributed by atoms with E-state index in [2.05, 4.69) is 27.5 Å². The minimum absolute atomic E-state index is 0.0456. The smallest absolute Gasteiger partial charge is 0.255 e. The number of carbonyl (C=O) groups excluding carboxylic acids is 1. The molecule has 1 aliphatic carbocycles. The molecular formula is C16H21BrN2O. The van der Waals surface area contributed by atoms with Gasteiger partial charge in [-0.3, -0.25) is 9.78 Å². The third-order valence-corrected chi connectivity index (χ3v) is 4.23. The van der Waals surface area contributed by atoms with Crippen LogP contribution in [-0.2, 0) is 0 Å². The van der Waals surface area contributed by atoms with Crippen molar-refractivity contribution in [1.82, 2.24) is 9.88 Å². The molecule has 1 heterocycles. The van der Waals surface area contributed by atoms with E-state index in [9.17, 15) is 4.79 Å². The lowest BCUT2D eigenvalue weighted by atomic mass is 9.89. The number of nitrogens with zero attached hydrogens (tertiary/aromatic N) is 2. The van der Waals surface area contributed by atoms with Gasteiger partial charge in [-0.2, -0.15) is 0 Å². The summed E-state index contributed by atoms with van der Waals surface area (Å²) in [6.45, 7) is 5.20. The van der Waals surface area contributed by atoms with Gasteiger partial charge in [-0.15, -0.1) is 6.58 Å². The summed E-state index contributed by atoms with van der Waals surface area (Å²) in [7, 11) is 0. The molecule has 4 heteroatoms. The molecule has 0 unspecified atom stereocenters. The first kappa shape index (κ1) is 15.2. The largest absolute Gasteiger partial charge is 0.335 e. The number of halogens is 1. The summed E-state index contributed by atoms with van der Waals surface area (Å²) in [5.41, 5.74) is 0.636. The predicted octanol–water partition coefficient (Wildman–Crippen LogP) is 4.05. The van der Waals surface area contributed by atoms with Crippen molar-refractivity contribution in [3.05, 3.63) is 41.2 Å². The van der Waals surface area contributed by atoms with Crippen molar-refractivity contribution in [3.8, 4) is 0 Å². The highest BCUT2D eigenvalue weighted by molar-refractivity contribution is 9.10. The third-order valence-electron chi connectivity index (χ3n) is 3.79. The van der Waals surface area contributed by atoms with Gasteiger partial charge in [0.25, 0.3) is 5.91 Å². The zero-order valence-corrected chi connectivity index (χ0v) is 13.3. The van der Waals surface area contributed by atoms with E-state index in [4.69, 9.17) is 0 Å². The Labute approximate surface area is 129 Å². The maximum atomic E-state index is 12.6. The molecule has 3 nitrogen and oxygen atoms in total. The number of aromatic nitrogens is 1. The van der Waals surface area contributed by atoms with Crippen molar-refractivity contribution in [2.75, 3.05) is 13.1 Å². The Morgan fingerprint density at radius 3 is 2.80 bits per heavy atom. The van der Waals surface area contributed by atoms with Crippen LogP contribution in [0.4, 0.5) is 0 Å². The van der Waals surface area contributed by atoms with Crippen LogP contribution in [0.2, 0.25) is 0 Å². The highest BCUT2D eigenvalue weighted by atomic mass is 79.9. The zero-order chi connectivity index (χ0) is 14.4. The van der Waals surface area contributed by atoms with Crippen LogP contribution in [-0.4, -0.2) is 28.9 Å². The highest BCUT2D eigenvalue weighted by Crippen LogP contribution is 2.25. The molecule has 0 saturated heterocycles. The van der Waals surface area contributed by atoms with Crippen LogP contribution in [0.1, 0.15) is 42.5 Å². The van der Waals surface area contributed by atoms with E-state index in [-0.39, 0.29) is 5.91 Å². The van der Waals surface area contributed by atoms with E-state index < -0.39 is 0 Å². The van der Waals surface area contributed by atoms with Crippen LogP contribution in [0.25, 0.3) is 0 Å². The van der Waals surface area contributed by atoms with Crippen molar-refractivity contribution in [3.63, 3.8) is 0 Å². The molecule has 1 fully saturated rings. The molecule has 1 aromatic heterocycles. The number of hydrogen-bond donors (Lipinski definition) is 0. The molecule has 1 saturated carbocycles. The summed E-state index contributed by atoms with van der Waals surface area (Å²) in [6, 6.07) is 1.83. The Balaban J connectivity index is 2.06. The maximum Gasteiger partial charge on any atom is 0.255 e. The van der Waals surface area contributed by atoms with Crippen LogP contribution in [0.15, 0.2) is 35.6 Å². The average Bonchev–Trinajstić information content (AvgIpc) is 2.47.